The summed E-state index contributed by atoms with van der Waals surface area (Å²) in [4.78, 5) is 17.5. The molecule has 2 aromatic rings. The van der Waals surface area contributed by atoms with Gasteiger partial charge >= 0.3 is 0 Å². The fraction of sp³-hybridized carbons (Fsp3) is 0.435. The highest BCUT2D eigenvalue weighted by Crippen LogP contribution is 2.34. The molecule has 2 aliphatic rings. The van der Waals surface area contributed by atoms with Gasteiger partial charge in [0.15, 0.2) is 0 Å². The topological polar surface area (TPSA) is 42.0 Å². The largest absolute Gasteiger partial charge is 0.497 e. The smallest absolute Gasteiger partial charge is 0.241 e. The second-order valence-corrected chi connectivity index (χ2v) is 7.55. The average molecular weight is 380 g/mol. The highest BCUT2D eigenvalue weighted by molar-refractivity contribution is 5.96. The summed E-state index contributed by atoms with van der Waals surface area (Å²) < 4.78 is 10.6. The number of ether oxygens (including phenoxy) is 2. The van der Waals surface area contributed by atoms with Crippen LogP contribution >= 0.6 is 0 Å². The lowest BCUT2D eigenvalue weighted by Crippen LogP contribution is -2.42. The number of likely N-dealkylation sites (tertiary alicyclic amines) is 1. The molecular weight excluding hydrogens is 352 g/mol. The standard InChI is InChI=1S/C23H28N2O3/c1-27-19-9-7-17(8-10-19)21-6-4-13-24(21)16-23(26)25-14-3-5-18-15-20(28-2)11-12-22(18)25/h7-12,15,21H,3-6,13-14,16H2,1-2H3. The lowest BCUT2D eigenvalue weighted by Gasteiger charge is -2.32. The van der Waals surface area contributed by atoms with Gasteiger partial charge in [-0.15, -0.1) is 0 Å². The summed E-state index contributed by atoms with van der Waals surface area (Å²) in [6.07, 6.45) is 4.20. The highest BCUT2D eigenvalue weighted by atomic mass is 16.5. The number of fused-ring (bicyclic) bond motifs is 1. The molecule has 0 N–H and O–H groups in total. The van der Waals surface area contributed by atoms with E-state index in [1.165, 1.54) is 11.1 Å². The summed E-state index contributed by atoms with van der Waals surface area (Å²) in [5.74, 6) is 1.91. The van der Waals surface area contributed by atoms with E-state index in [0.29, 0.717) is 12.6 Å². The van der Waals surface area contributed by atoms with E-state index >= 15 is 0 Å². The Morgan fingerprint density at radius 3 is 2.50 bits per heavy atom. The van der Waals surface area contributed by atoms with Crippen molar-refractivity contribution in [3.05, 3.63) is 53.6 Å². The molecule has 148 valence electrons. The van der Waals surface area contributed by atoms with Crippen molar-refractivity contribution in [3.8, 4) is 11.5 Å². The summed E-state index contributed by atoms with van der Waals surface area (Å²) in [6, 6.07) is 14.6. The van der Waals surface area contributed by atoms with E-state index in [-0.39, 0.29) is 5.91 Å². The van der Waals surface area contributed by atoms with Crippen LogP contribution in [-0.4, -0.2) is 44.7 Å². The second kappa shape index (κ2) is 8.23. The molecule has 4 rings (SSSR count). The van der Waals surface area contributed by atoms with Crippen LogP contribution in [-0.2, 0) is 11.2 Å². The van der Waals surface area contributed by atoms with Gasteiger partial charge < -0.3 is 14.4 Å². The number of anilines is 1. The summed E-state index contributed by atoms with van der Waals surface area (Å²) in [5.41, 5.74) is 3.50. The maximum Gasteiger partial charge on any atom is 0.241 e. The van der Waals surface area contributed by atoms with Gasteiger partial charge in [-0.05, 0) is 73.7 Å². The lowest BCUT2D eigenvalue weighted by molar-refractivity contribution is -0.120. The van der Waals surface area contributed by atoms with Crippen LogP contribution in [0.4, 0.5) is 5.69 Å². The molecular formula is C23H28N2O3. The lowest BCUT2D eigenvalue weighted by atomic mass is 10.0. The van der Waals surface area contributed by atoms with Crippen molar-refractivity contribution in [1.82, 2.24) is 4.90 Å². The number of methoxy groups -OCH3 is 2. The molecule has 2 heterocycles. The number of hydrogen-bond donors (Lipinski definition) is 0. The van der Waals surface area contributed by atoms with Gasteiger partial charge in [-0.1, -0.05) is 12.1 Å². The SMILES string of the molecule is COc1ccc(C2CCCN2CC(=O)N2CCCc3cc(OC)ccc32)cc1. The third-order valence-electron chi connectivity index (χ3n) is 5.91. The van der Waals surface area contributed by atoms with Crippen LogP contribution in [0.25, 0.3) is 0 Å². The number of rotatable bonds is 5. The number of aryl methyl sites for hydroxylation is 1. The van der Waals surface area contributed by atoms with Crippen LogP contribution in [0, 0.1) is 0 Å². The molecule has 0 aliphatic carbocycles. The zero-order valence-electron chi connectivity index (χ0n) is 16.7. The van der Waals surface area contributed by atoms with Gasteiger partial charge in [0.25, 0.3) is 0 Å². The third kappa shape index (κ3) is 3.72. The summed E-state index contributed by atoms with van der Waals surface area (Å²) >= 11 is 0. The third-order valence-corrected chi connectivity index (χ3v) is 5.91. The molecule has 2 aliphatic heterocycles. The molecule has 0 bridgehead atoms. The highest BCUT2D eigenvalue weighted by Gasteiger charge is 2.30. The van der Waals surface area contributed by atoms with Gasteiger partial charge in [-0.25, -0.2) is 0 Å². The molecule has 2 aromatic carbocycles. The van der Waals surface area contributed by atoms with E-state index in [4.69, 9.17) is 9.47 Å². The van der Waals surface area contributed by atoms with Gasteiger partial charge in [-0.2, -0.15) is 0 Å². The molecule has 5 heteroatoms. The Hall–Kier alpha value is -2.53. The number of nitrogens with zero attached hydrogens (tertiary/aromatic N) is 2. The quantitative estimate of drug-likeness (QED) is 0.791. The minimum Gasteiger partial charge on any atom is -0.497 e. The minimum atomic E-state index is 0.187. The molecule has 1 unspecified atom stereocenters. The fourth-order valence-corrected chi connectivity index (χ4v) is 4.44. The van der Waals surface area contributed by atoms with Crippen LogP contribution < -0.4 is 14.4 Å². The van der Waals surface area contributed by atoms with Gasteiger partial charge in [0.1, 0.15) is 11.5 Å². The van der Waals surface area contributed by atoms with E-state index < -0.39 is 0 Å². The molecule has 0 saturated carbocycles. The molecule has 1 amide bonds. The molecule has 1 saturated heterocycles. The number of carbonyl (C=O) groups excluding carboxylic acids is 1. The first-order chi connectivity index (χ1) is 13.7. The van der Waals surface area contributed by atoms with Crippen molar-refractivity contribution in [2.24, 2.45) is 0 Å². The average Bonchev–Trinajstić information content (AvgIpc) is 3.20. The van der Waals surface area contributed by atoms with Crippen LogP contribution in [0.15, 0.2) is 42.5 Å². The van der Waals surface area contributed by atoms with Crippen LogP contribution in [0.5, 0.6) is 11.5 Å². The molecule has 5 nitrogen and oxygen atoms in total. The molecule has 1 atom stereocenters. The zero-order valence-corrected chi connectivity index (χ0v) is 16.7. The Morgan fingerprint density at radius 1 is 1.00 bits per heavy atom. The first-order valence-corrected chi connectivity index (χ1v) is 10.0. The normalized spacial score (nSPS) is 19.4. The number of hydrogen-bond acceptors (Lipinski definition) is 4. The Balaban J connectivity index is 1.49. The number of carbonyl (C=O) groups is 1. The van der Waals surface area contributed by atoms with E-state index in [2.05, 4.69) is 23.1 Å². The maximum atomic E-state index is 13.2. The predicted molar refractivity (Wildman–Crippen MR) is 110 cm³/mol. The van der Waals surface area contributed by atoms with Crippen molar-refractivity contribution in [1.29, 1.82) is 0 Å². The van der Waals surface area contributed by atoms with Crippen molar-refractivity contribution in [3.63, 3.8) is 0 Å². The van der Waals surface area contributed by atoms with Crippen LogP contribution in [0.2, 0.25) is 0 Å². The van der Waals surface area contributed by atoms with E-state index in [0.717, 1.165) is 56.0 Å². The van der Waals surface area contributed by atoms with Crippen molar-refractivity contribution >= 4 is 11.6 Å². The predicted octanol–water partition coefficient (Wildman–Crippen LogP) is 3.82. The van der Waals surface area contributed by atoms with Gasteiger partial charge in [0.05, 0.1) is 20.8 Å². The number of amides is 1. The summed E-state index contributed by atoms with van der Waals surface area (Å²) in [5, 5.41) is 0. The van der Waals surface area contributed by atoms with E-state index in [9.17, 15) is 4.79 Å². The molecule has 0 aromatic heterocycles. The summed E-state index contributed by atoms with van der Waals surface area (Å²) in [6.45, 7) is 2.22. The molecule has 0 spiro atoms. The Morgan fingerprint density at radius 2 is 1.75 bits per heavy atom. The Bertz CT molecular complexity index is 834. The van der Waals surface area contributed by atoms with E-state index in [1.54, 1.807) is 14.2 Å². The van der Waals surface area contributed by atoms with E-state index in [1.807, 2.05) is 29.2 Å². The first-order valence-electron chi connectivity index (χ1n) is 10.0. The van der Waals surface area contributed by atoms with Gasteiger partial charge in [0.2, 0.25) is 5.91 Å². The molecule has 0 radical (unpaired) electrons. The zero-order chi connectivity index (χ0) is 19.5. The van der Waals surface area contributed by atoms with Gasteiger partial charge in [-0.3, -0.25) is 9.69 Å². The second-order valence-electron chi connectivity index (χ2n) is 7.55. The van der Waals surface area contributed by atoms with Crippen LogP contribution in [0.3, 0.4) is 0 Å². The van der Waals surface area contributed by atoms with Gasteiger partial charge in [0, 0.05) is 18.3 Å². The minimum absolute atomic E-state index is 0.187. The maximum absolute atomic E-state index is 13.2. The molecule has 1 fully saturated rings. The van der Waals surface area contributed by atoms with Crippen molar-refractivity contribution in [2.45, 2.75) is 31.7 Å². The Kier molecular flexibility index (Phi) is 5.53. The summed E-state index contributed by atoms with van der Waals surface area (Å²) in [7, 11) is 3.36. The fourth-order valence-electron chi connectivity index (χ4n) is 4.44. The van der Waals surface area contributed by atoms with Crippen LogP contribution in [0.1, 0.15) is 36.4 Å². The Labute approximate surface area is 166 Å². The number of benzene rings is 2. The molecule has 28 heavy (non-hydrogen) atoms. The van der Waals surface area contributed by atoms with Crippen molar-refractivity contribution in [2.75, 3.05) is 38.8 Å². The van der Waals surface area contributed by atoms with Crippen molar-refractivity contribution < 1.29 is 14.3 Å². The monoisotopic (exact) mass is 380 g/mol. The first kappa shape index (κ1) is 18.8.